The van der Waals surface area contributed by atoms with Gasteiger partial charge in [-0.15, -0.1) is 0 Å². The van der Waals surface area contributed by atoms with Gasteiger partial charge >= 0.3 is 0 Å². The van der Waals surface area contributed by atoms with Gasteiger partial charge in [0.15, 0.2) is 5.11 Å². The summed E-state index contributed by atoms with van der Waals surface area (Å²) in [6, 6.07) is 7.23. The number of sulfonamides is 1. The molecule has 0 bridgehead atoms. The van der Waals surface area contributed by atoms with Crippen molar-refractivity contribution in [1.29, 1.82) is 0 Å². The number of ether oxygens (including phenoxy) is 1. The standard InChI is InChI=1S/C17H21N5O4S2/c1-17(2,3)15(23)21-16(27)20-11-5-7-12(8-6-11)28(24,25)22-13-9-14(26-4)19-10-18-13/h5-10H,1-4H3,(H,18,19,22)(H2,20,21,23,27). The zero-order valence-electron chi connectivity index (χ0n) is 15.8. The van der Waals surface area contributed by atoms with Crippen LogP contribution in [-0.4, -0.2) is 36.5 Å². The molecule has 1 aromatic heterocycles. The van der Waals surface area contributed by atoms with E-state index in [1.165, 1.54) is 43.8 Å². The van der Waals surface area contributed by atoms with Gasteiger partial charge in [0.25, 0.3) is 10.0 Å². The molecule has 11 heteroatoms. The van der Waals surface area contributed by atoms with Gasteiger partial charge in [-0.25, -0.2) is 18.4 Å². The first-order valence-electron chi connectivity index (χ1n) is 8.12. The van der Waals surface area contributed by atoms with Gasteiger partial charge in [0.2, 0.25) is 11.8 Å². The first-order valence-corrected chi connectivity index (χ1v) is 10.0. The molecule has 0 aliphatic rings. The third-order valence-electron chi connectivity index (χ3n) is 3.42. The van der Waals surface area contributed by atoms with Gasteiger partial charge in [0.1, 0.15) is 12.1 Å². The number of nitrogens with zero attached hydrogens (tertiary/aromatic N) is 2. The Balaban J connectivity index is 2.06. The van der Waals surface area contributed by atoms with E-state index in [4.69, 9.17) is 17.0 Å². The molecular formula is C17H21N5O4S2. The van der Waals surface area contributed by atoms with Crippen molar-refractivity contribution in [1.82, 2.24) is 15.3 Å². The van der Waals surface area contributed by atoms with Gasteiger partial charge < -0.3 is 15.4 Å². The molecule has 2 aromatic rings. The van der Waals surface area contributed by atoms with E-state index < -0.39 is 15.4 Å². The molecule has 3 N–H and O–H groups in total. The van der Waals surface area contributed by atoms with Crippen molar-refractivity contribution in [3.63, 3.8) is 0 Å². The summed E-state index contributed by atoms with van der Waals surface area (Å²) in [7, 11) is -2.43. The summed E-state index contributed by atoms with van der Waals surface area (Å²) in [4.78, 5) is 19.6. The highest BCUT2D eigenvalue weighted by Gasteiger charge is 2.22. The number of hydrogen-bond acceptors (Lipinski definition) is 7. The van der Waals surface area contributed by atoms with Crippen LogP contribution in [0.4, 0.5) is 11.5 Å². The highest BCUT2D eigenvalue weighted by Crippen LogP contribution is 2.19. The largest absolute Gasteiger partial charge is 0.481 e. The van der Waals surface area contributed by atoms with E-state index in [0.29, 0.717) is 5.69 Å². The fourth-order valence-corrected chi connectivity index (χ4v) is 3.08. The predicted molar refractivity (Wildman–Crippen MR) is 110 cm³/mol. The van der Waals surface area contributed by atoms with E-state index in [2.05, 4.69) is 25.3 Å². The third-order valence-corrected chi connectivity index (χ3v) is 5.00. The second-order valence-corrected chi connectivity index (χ2v) is 8.82. The van der Waals surface area contributed by atoms with E-state index >= 15 is 0 Å². The fourth-order valence-electron chi connectivity index (χ4n) is 1.87. The Labute approximate surface area is 169 Å². The predicted octanol–water partition coefficient (Wildman–Crippen LogP) is 2.15. The molecule has 1 aromatic carbocycles. The topological polar surface area (TPSA) is 122 Å². The number of benzene rings is 1. The molecule has 0 aliphatic heterocycles. The number of anilines is 2. The van der Waals surface area contributed by atoms with Gasteiger partial charge in [-0.1, -0.05) is 20.8 Å². The molecule has 0 spiro atoms. The van der Waals surface area contributed by atoms with Crippen LogP contribution in [0.2, 0.25) is 0 Å². The van der Waals surface area contributed by atoms with Crippen molar-refractivity contribution in [2.24, 2.45) is 5.41 Å². The Hall–Kier alpha value is -2.79. The van der Waals surface area contributed by atoms with Crippen molar-refractivity contribution in [2.45, 2.75) is 25.7 Å². The van der Waals surface area contributed by atoms with Crippen molar-refractivity contribution in [3.8, 4) is 5.88 Å². The van der Waals surface area contributed by atoms with Crippen molar-refractivity contribution in [2.75, 3.05) is 17.1 Å². The molecule has 2 rings (SSSR count). The Morgan fingerprint density at radius 3 is 2.36 bits per heavy atom. The number of aromatic nitrogens is 2. The fraction of sp³-hybridized carbons (Fsp3) is 0.294. The van der Waals surface area contributed by atoms with Crippen LogP contribution in [0, 0.1) is 5.41 Å². The quantitative estimate of drug-likeness (QED) is 0.625. The molecule has 0 aliphatic carbocycles. The van der Waals surface area contributed by atoms with Crippen LogP contribution in [-0.2, 0) is 14.8 Å². The number of amides is 1. The lowest BCUT2D eigenvalue weighted by atomic mass is 9.96. The molecule has 0 radical (unpaired) electrons. The van der Waals surface area contributed by atoms with Gasteiger partial charge in [0.05, 0.1) is 12.0 Å². The highest BCUT2D eigenvalue weighted by molar-refractivity contribution is 7.92. The van der Waals surface area contributed by atoms with Crippen molar-refractivity contribution < 1.29 is 17.9 Å². The average Bonchev–Trinajstić information content (AvgIpc) is 2.61. The van der Waals surface area contributed by atoms with Crippen LogP contribution >= 0.6 is 12.2 Å². The van der Waals surface area contributed by atoms with Gasteiger partial charge in [0, 0.05) is 17.2 Å². The van der Waals surface area contributed by atoms with Crippen molar-refractivity contribution in [3.05, 3.63) is 36.7 Å². The number of methoxy groups -OCH3 is 1. The Kier molecular flexibility index (Phi) is 6.52. The van der Waals surface area contributed by atoms with Crippen LogP contribution in [0.5, 0.6) is 5.88 Å². The smallest absolute Gasteiger partial charge is 0.263 e. The van der Waals surface area contributed by atoms with Crippen LogP contribution in [0.3, 0.4) is 0 Å². The number of hydrogen-bond donors (Lipinski definition) is 3. The zero-order chi connectivity index (χ0) is 20.9. The monoisotopic (exact) mass is 423 g/mol. The molecule has 28 heavy (non-hydrogen) atoms. The van der Waals surface area contributed by atoms with E-state index in [9.17, 15) is 13.2 Å². The lowest BCUT2D eigenvalue weighted by Crippen LogP contribution is -2.41. The highest BCUT2D eigenvalue weighted by atomic mass is 32.2. The second-order valence-electron chi connectivity index (χ2n) is 6.73. The minimum Gasteiger partial charge on any atom is -0.481 e. The van der Waals surface area contributed by atoms with E-state index in [-0.39, 0.29) is 27.6 Å². The first-order chi connectivity index (χ1) is 13.0. The normalized spacial score (nSPS) is 11.4. The summed E-state index contributed by atoms with van der Waals surface area (Å²) < 4.78 is 32.2. The third kappa shape index (κ3) is 5.86. The van der Waals surface area contributed by atoms with Gasteiger partial charge in [-0.3, -0.25) is 9.52 Å². The minimum atomic E-state index is -3.85. The Morgan fingerprint density at radius 1 is 1.14 bits per heavy atom. The molecule has 0 fully saturated rings. The Morgan fingerprint density at radius 2 is 1.79 bits per heavy atom. The van der Waals surface area contributed by atoms with Crippen LogP contribution < -0.4 is 20.1 Å². The molecule has 9 nitrogen and oxygen atoms in total. The summed E-state index contributed by atoms with van der Waals surface area (Å²) in [6.45, 7) is 5.31. The molecule has 0 unspecified atom stereocenters. The maximum atomic E-state index is 12.5. The van der Waals surface area contributed by atoms with Gasteiger partial charge in [-0.2, -0.15) is 0 Å². The maximum absolute atomic E-state index is 12.5. The molecule has 0 atom stereocenters. The Bertz CT molecular complexity index is 970. The molecular weight excluding hydrogens is 402 g/mol. The summed E-state index contributed by atoms with van der Waals surface area (Å²) in [6.07, 6.45) is 1.19. The molecule has 1 heterocycles. The summed E-state index contributed by atoms with van der Waals surface area (Å²) in [5.74, 6) is 0.0897. The summed E-state index contributed by atoms with van der Waals surface area (Å²) in [5.41, 5.74) is -0.0548. The number of nitrogens with one attached hydrogen (secondary N) is 3. The van der Waals surface area contributed by atoms with Crippen LogP contribution in [0.15, 0.2) is 41.6 Å². The van der Waals surface area contributed by atoms with E-state index in [0.717, 1.165) is 0 Å². The molecule has 0 saturated heterocycles. The second kappa shape index (κ2) is 8.48. The van der Waals surface area contributed by atoms with Crippen molar-refractivity contribution >= 4 is 44.8 Å². The maximum Gasteiger partial charge on any atom is 0.263 e. The van der Waals surface area contributed by atoms with Crippen LogP contribution in [0.25, 0.3) is 0 Å². The lowest BCUT2D eigenvalue weighted by Gasteiger charge is -2.18. The lowest BCUT2D eigenvalue weighted by molar-refractivity contribution is -0.126. The summed E-state index contributed by atoms with van der Waals surface area (Å²) >= 11 is 5.10. The van der Waals surface area contributed by atoms with Crippen LogP contribution in [0.1, 0.15) is 20.8 Å². The summed E-state index contributed by atoms with van der Waals surface area (Å²) in [5, 5.41) is 5.54. The first kappa shape index (κ1) is 21.5. The minimum absolute atomic E-state index is 0.0280. The van der Waals surface area contributed by atoms with E-state index in [1.54, 1.807) is 20.8 Å². The average molecular weight is 424 g/mol. The number of rotatable bonds is 5. The number of thiocarbonyl (C=S) groups is 1. The SMILES string of the molecule is COc1cc(NS(=O)(=O)c2ccc(NC(=S)NC(=O)C(C)(C)C)cc2)ncn1. The number of carbonyl (C=O) groups is 1. The van der Waals surface area contributed by atoms with Gasteiger partial charge in [-0.05, 0) is 36.5 Å². The molecule has 0 saturated carbocycles. The molecule has 1 amide bonds. The zero-order valence-corrected chi connectivity index (χ0v) is 17.4. The van der Waals surface area contributed by atoms with E-state index in [1.807, 2.05) is 0 Å². The molecule has 150 valence electrons. The number of carbonyl (C=O) groups excluding carboxylic acids is 1.